The summed E-state index contributed by atoms with van der Waals surface area (Å²) in [5.41, 5.74) is 8.38. The van der Waals surface area contributed by atoms with Crippen molar-refractivity contribution in [1.82, 2.24) is 9.88 Å². The molecule has 112 valence electrons. The van der Waals surface area contributed by atoms with Gasteiger partial charge in [-0.25, -0.2) is 0 Å². The summed E-state index contributed by atoms with van der Waals surface area (Å²) in [7, 11) is 0. The first-order valence-corrected chi connectivity index (χ1v) is 7.74. The molecule has 2 heterocycles. The molecule has 0 radical (unpaired) electrons. The number of benzene rings is 1. The van der Waals surface area contributed by atoms with E-state index in [0.717, 1.165) is 48.3 Å². The minimum atomic E-state index is -0.447. The molecule has 1 aliphatic heterocycles. The lowest BCUT2D eigenvalue weighted by atomic mass is 9.98. The normalized spacial score (nSPS) is 18.1. The molecule has 2 aromatic rings. The van der Waals surface area contributed by atoms with E-state index in [4.69, 9.17) is 5.73 Å². The van der Waals surface area contributed by atoms with E-state index >= 15 is 0 Å². The number of hydrogen-bond donors (Lipinski definition) is 2. The number of aromatic amines is 1. The topological polar surface area (TPSA) is 62.1 Å². The molecule has 1 aliphatic rings. The SMILES string of the molecule is CC1CCN(C(=O)C(N)Cc2c[nH]c3ccccc23)CC1. The molecule has 1 atom stereocenters. The van der Waals surface area contributed by atoms with Gasteiger partial charge in [0.05, 0.1) is 6.04 Å². The number of likely N-dealkylation sites (tertiary alicyclic amines) is 1. The van der Waals surface area contributed by atoms with E-state index in [2.05, 4.69) is 18.0 Å². The zero-order valence-corrected chi connectivity index (χ0v) is 12.5. The Kier molecular flexibility index (Phi) is 3.97. The fraction of sp³-hybridized carbons (Fsp3) is 0.471. The van der Waals surface area contributed by atoms with Crippen LogP contribution in [0.25, 0.3) is 10.9 Å². The highest BCUT2D eigenvalue weighted by molar-refractivity contribution is 5.86. The van der Waals surface area contributed by atoms with Crippen LogP contribution in [0.1, 0.15) is 25.3 Å². The minimum Gasteiger partial charge on any atom is -0.361 e. The lowest BCUT2D eigenvalue weighted by Crippen LogP contribution is -2.47. The van der Waals surface area contributed by atoms with Crippen LogP contribution < -0.4 is 5.73 Å². The van der Waals surface area contributed by atoms with E-state index < -0.39 is 6.04 Å². The van der Waals surface area contributed by atoms with Gasteiger partial charge >= 0.3 is 0 Å². The maximum atomic E-state index is 12.5. The Morgan fingerprint density at radius 3 is 2.86 bits per heavy atom. The molecule has 3 N–H and O–H groups in total. The molecule has 1 aromatic heterocycles. The second-order valence-corrected chi connectivity index (χ2v) is 6.18. The second-order valence-electron chi connectivity index (χ2n) is 6.18. The molecule has 1 saturated heterocycles. The molecule has 0 aliphatic carbocycles. The molecule has 1 aromatic carbocycles. The van der Waals surface area contributed by atoms with E-state index in [9.17, 15) is 4.79 Å². The summed E-state index contributed by atoms with van der Waals surface area (Å²) >= 11 is 0. The average molecular weight is 285 g/mol. The maximum absolute atomic E-state index is 12.5. The molecule has 21 heavy (non-hydrogen) atoms. The van der Waals surface area contributed by atoms with Gasteiger partial charge in [-0.3, -0.25) is 4.79 Å². The van der Waals surface area contributed by atoms with E-state index in [0.29, 0.717) is 6.42 Å². The molecule has 0 saturated carbocycles. The highest BCUT2D eigenvalue weighted by Gasteiger charge is 2.25. The van der Waals surface area contributed by atoms with E-state index in [-0.39, 0.29) is 5.91 Å². The first kappa shape index (κ1) is 14.1. The summed E-state index contributed by atoms with van der Waals surface area (Å²) in [6, 6.07) is 7.68. The third kappa shape index (κ3) is 2.95. The van der Waals surface area contributed by atoms with Gasteiger partial charge in [-0.2, -0.15) is 0 Å². The maximum Gasteiger partial charge on any atom is 0.239 e. The Balaban J connectivity index is 1.68. The van der Waals surface area contributed by atoms with Gasteiger partial charge in [0.15, 0.2) is 0 Å². The third-order valence-electron chi connectivity index (χ3n) is 4.53. The smallest absolute Gasteiger partial charge is 0.239 e. The van der Waals surface area contributed by atoms with E-state index in [1.54, 1.807) is 0 Å². The first-order valence-electron chi connectivity index (χ1n) is 7.74. The van der Waals surface area contributed by atoms with Crippen LogP contribution in [0.5, 0.6) is 0 Å². The molecule has 4 heteroatoms. The van der Waals surface area contributed by atoms with Gasteiger partial charge in [-0.1, -0.05) is 25.1 Å². The zero-order chi connectivity index (χ0) is 14.8. The van der Waals surface area contributed by atoms with Gasteiger partial charge in [-0.15, -0.1) is 0 Å². The largest absolute Gasteiger partial charge is 0.361 e. The van der Waals surface area contributed by atoms with Gasteiger partial charge in [-0.05, 0) is 36.8 Å². The van der Waals surface area contributed by atoms with Crippen molar-refractivity contribution in [2.45, 2.75) is 32.2 Å². The fourth-order valence-corrected chi connectivity index (χ4v) is 3.09. The molecule has 1 amide bonds. The van der Waals surface area contributed by atoms with Crippen molar-refractivity contribution in [3.63, 3.8) is 0 Å². The van der Waals surface area contributed by atoms with E-state index in [1.165, 1.54) is 0 Å². The zero-order valence-electron chi connectivity index (χ0n) is 12.5. The molecule has 0 bridgehead atoms. The van der Waals surface area contributed by atoms with Crippen LogP contribution in [-0.4, -0.2) is 34.9 Å². The molecule has 1 unspecified atom stereocenters. The number of rotatable bonds is 3. The highest BCUT2D eigenvalue weighted by atomic mass is 16.2. The number of piperidine rings is 1. The van der Waals surface area contributed by atoms with Gasteiger partial charge in [0.25, 0.3) is 0 Å². The van der Waals surface area contributed by atoms with Crippen LogP contribution in [0.3, 0.4) is 0 Å². The van der Waals surface area contributed by atoms with Crippen molar-refractivity contribution >= 4 is 16.8 Å². The summed E-state index contributed by atoms with van der Waals surface area (Å²) in [5, 5.41) is 1.16. The van der Waals surface area contributed by atoms with Crippen molar-refractivity contribution in [3.05, 3.63) is 36.0 Å². The molecule has 4 nitrogen and oxygen atoms in total. The van der Waals surface area contributed by atoms with Crippen LogP contribution >= 0.6 is 0 Å². The number of carbonyl (C=O) groups excluding carboxylic acids is 1. The van der Waals surface area contributed by atoms with Crippen molar-refractivity contribution < 1.29 is 4.79 Å². The summed E-state index contributed by atoms with van der Waals surface area (Å²) in [6.07, 6.45) is 4.74. The van der Waals surface area contributed by atoms with Crippen LogP contribution in [0.4, 0.5) is 0 Å². The summed E-state index contributed by atoms with van der Waals surface area (Å²) in [6.45, 7) is 3.94. The number of nitrogens with one attached hydrogen (secondary N) is 1. The van der Waals surface area contributed by atoms with Gasteiger partial charge < -0.3 is 15.6 Å². The molecular weight excluding hydrogens is 262 g/mol. The van der Waals surface area contributed by atoms with Crippen molar-refractivity contribution in [2.24, 2.45) is 11.7 Å². The number of fused-ring (bicyclic) bond motifs is 1. The third-order valence-corrected chi connectivity index (χ3v) is 4.53. The van der Waals surface area contributed by atoms with Crippen LogP contribution in [0.2, 0.25) is 0 Å². The lowest BCUT2D eigenvalue weighted by molar-refractivity contribution is -0.133. The van der Waals surface area contributed by atoms with E-state index in [1.807, 2.05) is 29.3 Å². The molecule has 1 fully saturated rings. The Labute approximate surface area is 125 Å². The Hall–Kier alpha value is -1.81. The number of nitrogens with two attached hydrogens (primary N) is 1. The van der Waals surface area contributed by atoms with Gasteiger partial charge in [0.2, 0.25) is 5.91 Å². The standard InChI is InChI=1S/C17H23N3O/c1-12-6-8-20(9-7-12)17(21)15(18)10-13-11-19-16-5-3-2-4-14(13)16/h2-5,11-12,15,19H,6-10,18H2,1H3. The Bertz CT molecular complexity index is 626. The number of para-hydroxylation sites is 1. The average Bonchev–Trinajstić information content (AvgIpc) is 2.91. The summed E-state index contributed by atoms with van der Waals surface area (Å²) < 4.78 is 0. The van der Waals surface area contributed by atoms with Crippen molar-refractivity contribution in [1.29, 1.82) is 0 Å². The summed E-state index contributed by atoms with van der Waals surface area (Å²) in [5.74, 6) is 0.811. The molecule has 0 spiro atoms. The highest BCUT2D eigenvalue weighted by Crippen LogP contribution is 2.20. The van der Waals surface area contributed by atoms with Crippen molar-refractivity contribution in [3.8, 4) is 0 Å². The van der Waals surface area contributed by atoms with Crippen molar-refractivity contribution in [2.75, 3.05) is 13.1 Å². The number of carbonyl (C=O) groups is 1. The second kappa shape index (κ2) is 5.90. The number of nitrogens with zero attached hydrogens (tertiary/aromatic N) is 1. The minimum absolute atomic E-state index is 0.0900. The lowest BCUT2D eigenvalue weighted by Gasteiger charge is -2.32. The fourth-order valence-electron chi connectivity index (χ4n) is 3.09. The van der Waals surface area contributed by atoms with Crippen LogP contribution in [0.15, 0.2) is 30.5 Å². The number of aromatic nitrogens is 1. The van der Waals surface area contributed by atoms with Crippen LogP contribution in [0, 0.1) is 5.92 Å². The summed E-state index contributed by atoms with van der Waals surface area (Å²) in [4.78, 5) is 17.6. The predicted molar refractivity (Wildman–Crippen MR) is 85.0 cm³/mol. The van der Waals surface area contributed by atoms with Gasteiger partial charge in [0.1, 0.15) is 0 Å². The Morgan fingerprint density at radius 1 is 1.38 bits per heavy atom. The number of hydrogen-bond acceptors (Lipinski definition) is 2. The molecular formula is C17H23N3O. The first-order chi connectivity index (χ1) is 10.1. The molecule has 3 rings (SSSR count). The number of H-pyrrole nitrogens is 1. The quantitative estimate of drug-likeness (QED) is 0.909. The van der Waals surface area contributed by atoms with Gasteiger partial charge in [0, 0.05) is 30.2 Å². The predicted octanol–water partition coefficient (Wildman–Crippen LogP) is 2.30. The number of amides is 1. The Morgan fingerprint density at radius 2 is 2.10 bits per heavy atom. The monoisotopic (exact) mass is 285 g/mol. The van der Waals surface area contributed by atoms with Crippen LogP contribution in [-0.2, 0) is 11.2 Å².